The minimum atomic E-state index is -2.04. The summed E-state index contributed by atoms with van der Waals surface area (Å²) in [5, 5.41) is 2.71. The third-order valence-corrected chi connectivity index (χ3v) is 3.68. The minimum absolute atomic E-state index is 0.111. The van der Waals surface area contributed by atoms with Gasteiger partial charge in [-0.05, 0) is 43.2 Å². The van der Waals surface area contributed by atoms with E-state index in [9.17, 15) is 9.00 Å². The van der Waals surface area contributed by atoms with Crippen LogP contribution in [0.25, 0.3) is 0 Å². The van der Waals surface area contributed by atoms with Crippen LogP contribution in [0.3, 0.4) is 0 Å². The molecule has 128 valence electrons. The van der Waals surface area contributed by atoms with Gasteiger partial charge in [0.25, 0.3) is 5.91 Å². The van der Waals surface area contributed by atoms with Crippen molar-refractivity contribution < 1.29 is 18.3 Å². The van der Waals surface area contributed by atoms with Gasteiger partial charge in [-0.3, -0.25) is 14.3 Å². The largest absolute Gasteiger partial charge is 0.484 e. The van der Waals surface area contributed by atoms with Crippen LogP contribution in [-0.4, -0.2) is 32.3 Å². The Kier molecular flexibility index (Phi) is 6.86. The number of hydrogen-bond acceptors (Lipinski definition) is 4. The molecule has 2 aromatic rings. The first kappa shape index (κ1) is 18.1. The van der Waals surface area contributed by atoms with Gasteiger partial charge < -0.3 is 10.1 Å². The molecule has 0 aliphatic heterocycles. The Morgan fingerprint density at radius 3 is 2.79 bits per heavy atom. The molecule has 0 aliphatic carbocycles. The lowest BCUT2D eigenvalue weighted by atomic mass is 10.1. The summed E-state index contributed by atoms with van der Waals surface area (Å²) in [5.74, 6) is 0.298. The Hall–Kier alpha value is -2.29. The first-order valence-electron chi connectivity index (χ1n) is 7.31. The molecule has 0 saturated carbocycles. The summed E-state index contributed by atoms with van der Waals surface area (Å²) in [6.07, 6.45) is 3.75. The second-order valence-corrected chi connectivity index (χ2v) is 5.93. The minimum Gasteiger partial charge on any atom is -0.484 e. The number of benzene rings is 1. The molecule has 1 aromatic carbocycles. The van der Waals surface area contributed by atoms with E-state index in [1.165, 1.54) is 0 Å². The molecule has 2 unspecified atom stereocenters. The van der Waals surface area contributed by atoms with E-state index in [2.05, 4.69) is 15.0 Å². The first-order valence-corrected chi connectivity index (χ1v) is 8.42. The highest BCUT2D eigenvalue weighted by atomic mass is 32.2. The normalized spacial score (nSPS) is 13.1. The zero-order chi connectivity index (χ0) is 17.4. The van der Waals surface area contributed by atoms with Gasteiger partial charge >= 0.3 is 0 Å². The Morgan fingerprint density at radius 2 is 2.08 bits per heavy atom. The number of aromatic nitrogens is 1. The van der Waals surface area contributed by atoms with Gasteiger partial charge in [-0.15, -0.1) is 0 Å². The maximum Gasteiger partial charge on any atom is 0.262 e. The number of anilines is 1. The van der Waals surface area contributed by atoms with Gasteiger partial charge in [-0.2, -0.15) is 0 Å². The highest BCUT2D eigenvalue weighted by Crippen LogP contribution is 2.15. The average molecular weight is 349 g/mol. The summed E-state index contributed by atoms with van der Waals surface area (Å²) in [4.78, 5) is 15.7. The summed E-state index contributed by atoms with van der Waals surface area (Å²) in [6.45, 7) is 1.70. The molecule has 8 heteroatoms. The van der Waals surface area contributed by atoms with E-state index in [0.29, 0.717) is 17.9 Å². The van der Waals surface area contributed by atoms with Crippen molar-refractivity contribution in [1.29, 1.82) is 0 Å². The molecule has 0 radical (unpaired) electrons. The average Bonchev–Trinajstić information content (AvgIpc) is 2.53. The lowest BCUT2D eigenvalue weighted by Gasteiger charge is -2.12. The van der Waals surface area contributed by atoms with Gasteiger partial charge in [0.05, 0.1) is 0 Å². The molecular weight excluding hydrogens is 330 g/mol. The molecule has 2 rings (SSSR count). The number of amides is 1. The van der Waals surface area contributed by atoms with E-state index in [-0.39, 0.29) is 18.6 Å². The fraction of sp³-hybridized carbons (Fsp3) is 0.250. The first-order chi connectivity index (χ1) is 11.5. The molecule has 1 heterocycles. The number of nitrogens with one attached hydrogen (secondary N) is 2. The van der Waals surface area contributed by atoms with Crippen molar-refractivity contribution in [2.75, 3.05) is 11.9 Å². The molecule has 0 saturated heterocycles. The van der Waals surface area contributed by atoms with Crippen LogP contribution in [0.15, 0.2) is 48.8 Å². The molecule has 1 aromatic heterocycles. The van der Waals surface area contributed by atoms with E-state index in [1.54, 1.807) is 36.7 Å². The van der Waals surface area contributed by atoms with Gasteiger partial charge in [-0.1, -0.05) is 12.1 Å². The molecule has 2 atom stereocenters. The van der Waals surface area contributed by atoms with Crippen LogP contribution >= 0.6 is 0 Å². The van der Waals surface area contributed by atoms with Crippen LogP contribution in [0.2, 0.25) is 0 Å². The van der Waals surface area contributed by atoms with Crippen molar-refractivity contribution in [2.45, 2.75) is 19.4 Å². The fourth-order valence-corrected chi connectivity index (χ4v) is 2.54. The van der Waals surface area contributed by atoms with E-state index in [0.717, 1.165) is 5.56 Å². The summed E-state index contributed by atoms with van der Waals surface area (Å²) in [7, 11) is 0. The number of pyridine rings is 1. The van der Waals surface area contributed by atoms with Crippen molar-refractivity contribution in [2.24, 2.45) is 0 Å². The summed E-state index contributed by atoms with van der Waals surface area (Å²) in [5.41, 5.74) is 1.59. The smallest absolute Gasteiger partial charge is 0.262 e. The number of rotatable bonds is 8. The maximum absolute atomic E-state index is 11.8. The molecule has 0 fully saturated rings. The van der Waals surface area contributed by atoms with Crippen molar-refractivity contribution in [3.8, 4) is 5.75 Å². The van der Waals surface area contributed by atoms with Crippen LogP contribution < -0.4 is 14.8 Å². The third kappa shape index (κ3) is 6.45. The van der Waals surface area contributed by atoms with E-state index in [1.807, 2.05) is 19.1 Å². The van der Waals surface area contributed by atoms with Crippen LogP contribution in [0.1, 0.15) is 12.5 Å². The van der Waals surface area contributed by atoms with Crippen LogP contribution in [0.5, 0.6) is 5.75 Å². The predicted molar refractivity (Wildman–Crippen MR) is 91.9 cm³/mol. The number of ether oxygens (including phenoxy) is 1. The molecule has 0 spiro atoms. The number of carbonyl (C=O) groups is 1. The predicted octanol–water partition coefficient (Wildman–Crippen LogP) is 1.76. The second kappa shape index (κ2) is 9.11. The van der Waals surface area contributed by atoms with Crippen LogP contribution in [0.4, 0.5) is 5.69 Å². The molecule has 3 N–H and O–H groups in total. The van der Waals surface area contributed by atoms with Gasteiger partial charge in [0.15, 0.2) is 6.61 Å². The van der Waals surface area contributed by atoms with Crippen LogP contribution in [-0.2, 0) is 22.5 Å². The topological polar surface area (TPSA) is 101 Å². The Bertz CT molecular complexity index is 697. The zero-order valence-corrected chi connectivity index (χ0v) is 14.0. The molecule has 0 bridgehead atoms. The summed E-state index contributed by atoms with van der Waals surface area (Å²) >= 11 is -2.04. The lowest BCUT2D eigenvalue weighted by molar-refractivity contribution is -0.118. The fourth-order valence-electron chi connectivity index (χ4n) is 2.11. The van der Waals surface area contributed by atoms with Crippen molar-refractivity contribution in [3.63, 3.8) is 0 Å². The zero-order valence-electron chi connectivity index (χ0n) is 13.1. The van der Waals surface area contributed by atoms with E-state index < -0.39 is 11.3 Å². The standard InChI is InChI=1S/C16H19N3O4S/c1-12(19-24(21)22)9-13-3-2-4-15(10-13)23-11-16(20)18-14-5-7-17-8-6-14/h2-8,10,12,19H,9,11H2,1H3,(H,21,22)(H,17,18,20). The summed E-state index contributed by atoms with van der Waals surface area (Å²) < 4.78 is 27.5. The van der Waals surface area contributed by atoms with Gasteiger partial charge in [0, 0.05) is 24.1 Å². The number of hydrogen-bond donors (Lipinski definition) is 3. The van der Waals surface area contributed by atoms with E-state index in [4.69, 9.17) is 9.29 Å². The second-order valence-electron chi connectivity index (χ2n) is 5.19. The number of carbonyl (C=O) groups excluding carboxylic acids is 1. The van der Waals surface area contributed by atoms with Crippen molar-refractivity contribution in [1.82, 2.24) is 9.71 Å². The van der Waals surface area contributed by atoms with Crippen molar-refractivity contribution >= 4 is 22.9 Å². The quantitative estimate of drug-likeness (QED) is 0.631. The number of nitrogens with zero attached hydrogens (tertiary/aromatic N) is 1. The van der Waals surface area contributed by atoms with E-state index >= 15 is 0 Å². The van der Waals surface area contributed by atoms with Crippen LogP contribution in [0, 0.1) is 0 Å². The SMILES string of the molecule is CC(Cc1cccc(OCC(=O)Nc2ccncc2)c1)NS(=O)O. The summed E-state index contributed by atoms with van der Waals surface area (Å²) in [6, 6.07) is 10.5. The molecule has 24 heavy (non-hydrogen) atoms. The Morgan fingerprint density at radius 1 is 1.33 bits per heavy atom. The Balaban J connectivity index is 1.85. The van der Waals surface area contributed by atoms with Gasteiger partial charge in [0.1, 0.15) is 5.75 Å². The molecule has 0 aliphatic rings. The van der Waals surface area contributed by atoms with Gasteiger partial charge in [-0.25, -0.2) is 8.93 Å². The molecule has 1 amide bonds. The Labute approximate surface area is 142 Å². The highest BCUT2D eigenvalue weighted by molar-refractivity contribution is 7.77. The molecular formula is C16H19N3O4S. The molecule has 7 nitrogen and oxygen atoms in total. The lowest BCUT2D eigenvalue weighted by Crippen LogP contribution is -2.29. The maximum atomic E-state index is 11.8. The highest BCUT2D eigenvalue weighted by Gasteiger charge is 2.08. The van der Waals surface area contributed by atoms with Crippen molar-refractivity contribution in [3.05, 3.63) is 54.4 Å². The van der Waals surface area contributed by atoms with Gasteiger partial charge in [0.2, 0.25) is 11.3 Å². The third-order valence-electron chi connectivity index (χ3n) is 3.08. The monoisotopic (exact) mass is 349 g/mol.